The zero-order valence-electron chi connectivity index (χ0n) is 17.4. The zero-order valence-corrected chi connectivity index (χ0v) is 17.4. The van der Waals surface area contributed by atoms with E-state index >= 15 is 0 Å². The Hall–Kier alpha value is -2.32. The molecule has 4 nitrogen and oxygen atoms in total. The quantitative estimate of drug-likeness (QED) is 0.610. The standard InChI is InChI=1S/C23H31FN4/c1-15(2)28-8-6-17(7-9-28)20-10-18-11-22(26-23(18)12-21(20)24)16(3)19(13-25)14-27(4)5/h10,12,14-15,17,22,26H,3,6-9,11H2,1-2,4-5H3/b19-14+. The number of fused-ring (bicyclic) bond motifs is 1. The van der Waals surface area contributed by atoms with Crippen molar-refractivity contribution in [1.29, 1.82) is 5.26 Å². The number of benzene rings is 1. The summed E-state index contributed by atoms with van der Waals surface area (Å²) in [5, 5.41) is 12.8. The summed E-state index contributed by atoms with van der Waals surface area (Å²) in [6, 6.07) is 6.38. The Morgan fingerprint density at radius 1 is 1.36 bits per heavy atom. The van der Waals surface area contributed by atoms with Gasteiger partial charge in [-0.05, 0) is 74.9 Å². The number of nitrogens with zero attached hydrogens (tertiary/aromatic N) is 3. The molecule has 0 bridgehead atoms. The van der Waals surface area contributed by atoms with Crippen LogP contribution in [0, 0.1) is 17.1 Å². The van der Waals surface area contributed by atoms with E-state index in [0.717, 1.165) is 54.7 Å². The SMILES string of the molecule is C=C(/C(C#N)=C/N(C)C)C1Cc2cc(C3CCN(C(C)C)CC3)c(F)cc2N1. The summed E-state index contributed by atoms with van der Waals surface area (Å²) in [6.07, 6.45) is 4.52. The molecule has 2 aliphatic rings. The second-order valence-corrected chi connectivity index (χ2v) is 8.48. The Kier molecular flexibility index (Phi) is 6.10. The van der Waals surface area contributed by atoms with Crippen molar-refractivity contribution in [2.45, 2.75) is 51.1 Å². The molecule has 0 saturated carbocycles. The summed E-state index contributed by atoms with van der Waals surface area (Å²) in [7, 11) is 3.77. The Balaban J connectivity index is 1.75. The van der Waals surface area contributed by atoms with Crippen LogP contribution in [-0.4, -0.2) is 49.1 Å². The maximum absolute atomic E-state index is 14.9. The third kappa shape index (κ3) is 4.23. The molecule has 1 N–H and O–H groups in total. The fourth-order valence-corrected chi connectivity index (χ4v) is 4.28. The first-order chi connectivity index (χ1) is 13.3. The number of nitrogens with one attached hydrogen (secondary N) is 1. The molecule has 2 aliphatic heterocycles. The minimum absolute atomic E-state index is 0.0710. The van der Waals surface area contributed by atoms with Gasteiger partial charge in [0.05, 0.1) is 11.6 Å². The summed E-state index contributed by atoms with van der Waals surface area (Å²) in [5.41, 5.74) is 4.10. The Bertz CT molecular complexity index is 811. The second kappa shape index (κ2) is 8.36. The van der Waals surface area contributed by atoms with Crippen molar-refractivity contribution in [3.63, 3.8) is 0 Å². The largest absolute Gasteiger partial charge is 0.382 e. The lowest BCUT2D eigenvalue weighted by atomic mass is 9.87. The van der Waals surface area contributed by atoms with Gasteiger partial charge in [-0.1, -0.05) is 12.6 Å². The van der Waals surface area contributed by atoms with Crippen LogP contribution in [0.4, 0.5) is 10.1 Å². The molecule has 0 spiro atoms. The van der Waals surface area contributed by atoms with Crippen molar-refractivity contribution in [2.75, 3.05) is 32.5 Å². The molecule has 1 aromatic rings. The predicted octanol–water partition coefficient (Wildman–Crippen LogP) is 4.28. The number of piperidine rings is 1. The lowest BCUT2D eigenvalue weighted by molar-refractivity contribution is 0.171. The van der Waals surface area contributed by atoms with E-state index in [9.17, 15) is 9.65 Å². The molecule has 1 unspecified atom stereocenters. The van der Waals surface area contributed by atoms with Gasteiger partial charge in [0, 0.05) is 32.0 Å². The topological polar surface area (TPSA) is 42.3 Å². The highest BCUT2D eigenvalue weighted by atomic mass is 19.1. The highest BCUT2D eigenvalue weighted by molar-refractivity contribution is 5.63. The molecule has 150 valence electrons. The van der Waals surface area contributed by atoms with E-state index in [1.807, 2.05) is 25.1 Å². The maximum atomic E-state index is 14.9. The molecule has 1 atom stereocenters. The van der Waals surface area contributed by atoms with Crippen LogP contribution >= 0.6 is 0 Å². The van der Waals surface area contributed by atoms with Crippen LogP contribution in [0.2, 0.25) is 0 Å². The summed E-state index contributed by atoms with van der Waals surface area (Å²) < 4.78 is 14.9. The van der Waals surface area contributed by atoms with Gasteiger partial charge in [0.25, 0.3) is 0 Å². The lowest BCUT2D eigenvalue weighted by Crippen LogP contribution is -2.38. The number of hydrogen-bond acceptors (Lipinski definition) is 4. The van der Waals surface area contributed by atoms with Gasteiger partial charge in [-0.3, -0.25) is 0 Å². The molecule has 2 heterocycles. The van der Waals surface area contributed by atoms with E-state index in [1.54, 1.807) is 12.3 Å². The molecular weight excluding hydrogens is 351 g/mol. The monoisotopic (exact) mass is 382 g/mol. The lowest BCUT2D eigenvalue weighted by Gasteiger charge is -2.35. The van der Waals surface area contributed by atoms with E-state index in [2.05, 4.69) is 36.7 Å². The number of anilines is 1. The van der Waals surface area contributed by atoms with Gasteiger partial charge in [-0.2, -0.15) is 5.26 Å². The molecule has 0 amide bonds. The normalized spacial score (nSPS) is 20.6. The third-order valence-corrected chi connectivity index (χ3v) is 5.95. The molecule has 1 fully saturated rings. The van der Waals surface area contributed by atoms with Crippen molar-refractivity contribution >= 4 is 5.69 Å². The van der Waals surface area contributed by atoms with Gasteiger partial charge in [-0.25, -0.2) is 4.39 Å². The number of hydrogen-bond donors (Lipinski definition) is 1. The van der Waals surface area contributed by atoms with Gasteiger partial charge in [-0.15, -0.1) is 0 Å². The van der Waals surface area contributed by atoms with Crippen LogP contribution in [0.3, 0.4) is 0 Å². The number of halogens is 1. The third-order valence-electron chi connectivity index (χ3n) is 5.95. The van der Waals surface area contributed by atoms with Crippen molar-refractivity contribution < 1.29 is 4.39 Å². The molecule has 3 rings (SSSR count). The van der Waals surface area contributed by atoms with Crippen molar-refractivity contribution in [1.82, 2.24) is 9.80 Å². The van der Waals surface area contributed by atoms with Crippen LogP contribution in [0.15, 0.2) is 36.1 Å². The smallest absolute Gasteiger partial charge is 0.128 e. The van der Waals surface area contributed by atoms with Crippen LogP contribution in [0.1, 0.15) is 43.7 Å². The zero-order chi connectivity index (χ0) is 20.4. The van der Waals surface area contributed by atoms with Crippen LogP contribution < -0.4 is 5.32 Å². The molecule has 0 aliphatic carbocycles. The van der Waals surface area contributed by atoms with Gasteiger partial charge in [0.1, 0.15) is 11.9 Å². The van der Waals surface area contributed by atoms with Crippen LogP contribution in [-0.2, 0) is 6.42 Å². The highest BCUT2D eigenvalue weighted by Gasteiger charge is 2.29. The first-order valence-electron chi connectivity index (χ1n) is 10.1. The van der Waals surface area contributed by atoms with Gasteiger partial charge >= 0.3 is 0 Å². The Morgan fingerprint density at radius 3 is 2.61 bits per heavy atom. The molecular formula is C23H31FN4. The summed E-state index contributed by atoms with van der Waals surface area (Å²) in [5.74, 6) is 0.163. The average molecular weight is 383 g/mol. The minimum atomic E-state index is -0.121. The highest BCUT2D eigenvalue weighted by Crippen LogP contribution is 2.37. The Morgan fingerprint density at radius 2 is 2.04 bits per heavy atom. The fraction of sp³-hybridized carbons (Fsp3) is 0.522. The molecule has 28 heavy (non-hydrogen) atoms. The van der Waals surface area contributed by atoms with E-state index in [4.69, 9.17) is 0 Å². The number of rotatable bonds is 5. The van der Waals surface area contributed by atoms with E-state index in [0.29, 0.717) is 11.6 Å². The van der Waals surface area contributed by atoms with Gasteiger partial charge in [0.2, 0.25) is 0 Å². The van der Waals surface area contributed by atoms with Crippen LogP contribution in [0.5, 0.6) is 0 Å². The molecule has 5 heteroatoms. The average Bonchev–Trinajstić information content (AvgIpc) is 3.07. The molecule has 0 radical (unpaired) electrons. The van der Waals surface area contributed by atoms with Crippen molar-refractivity contribution in [3.05, 3.63) is 53.0 Å². The summed E-state index contributed by atoms with van der Waals surface area (Å²) >= 11 is 0. The van der Waals surface area contributed by atoms with E-state index in [1.165, 1.54) is 0 Å². The van der Waals surface area contributed by atoms with Crippen molar-refractivity contribution in [3.8, 4) is 6.07 Å². The minimum Gasteiger partial charge on any atom is -0.382 e. The maximum Gasteiger partial charge on any atom is 0.128 e. The van der Waals surface area contributed by atoms with E-state index < -0.39 is 0 Å². The molecule has 1 aromatic carbocycles. The first kappa shape index (κ1) is 20.4. The van der Waals surface area contributed by atoms with Gasteiger partial charge < -0.3 is 15.1 Å². The number of likely N-dealkylation sites (tertiary alicyclic amines) is 1. The first-order valence-corrected chi connectivity index (χ1v) is 10.1. The summed E-state index contributed by atoms with van der Waals surface area (Å²) in [4.78, 5) is 4.30. The van der Waals surface area contributed by atoms with Crippen molar-refractivity contribution in [2.24, 2.45) is 0 Å². The fourth-order valence-electron chi connectivity index (χ4n) is 4.28. The number of nitriles is 1. The van der Waals surface area contributed by atoms with Gasteiger partial charge in [0.15, 0.2) is 0 Å². The van der Waals surface area contributed by atoms with E-state index in [-0.39, 0.29) is 17.8 Å². The molecule has 0 aromatic heterocycles. The second-order valence-electron chi connectivity index (χ2n) is 8.48. The Labute approximate surface area is 168 Å². The molecule has 1 saturated heterocycles. The predicted molar refractivity (Wildman–Crippen MR) is 113 cm³/mol. The summed E-state index contributed by atoms with van der Waals surface area (Å²) in [6.45, 7) is 10.6. The van der Waals surface area contributed by atoms with Crippen LogP contribution in [0.25, 0.3) is 0 Å².